The molecule has 4 nitrogen and oxygen atoms in total. The van der Waals surface area contributed by atoms with E-state index in [2.05, 4.69) is 38.2 Å². The molecule has 2 aliphatic heterocycles. The van der Waals surface area contributed by atoms with Crippen LogP contribution in [0.1, 0.15) is 97.8 Å². The third-order valence-corrected chi connectivity index (χ3v) is 5.64. The smallest absolute Gasteiger partial charge is 0.309 e. The Kier molecular flexibility index (Phi) is 9.04. The Bertz CT molecular complexity index is 513. The average molecular weight is 379 g/mol. The molecule has 0 saturated carbocycles. The molecule has 0 aromatic rings. The summed E-state index contributed by atoms with van der Waals surface area (Å²) in [5.41, 5.74) is -0.880. The zero-order valence-electron chi connectivity index (χ0n) is 17.5. The van der Waals surface area contributed by atoms with E-state index in [-0.39, 0.29) is 17.7 Å². The minimum absolute atomic E-state index is 0.179. The first-order chi connectivity index (χ1) is 13.0. The third kappa shape index (κ3) is 7.42. The van der Waals surface area contributed by atoms with Gasteiger partial charge in [0.2, 0.25) is 0 Å². The second-order valence-corrected chi connectivity index (χ2v) is 8.59. The average Bonchev–Trinajstić information content (AvgIpc) is 2.91. The molecule has 0 aliphatic carbocycles. The van der Waals surface area contributed by atoms with Gasteiger partial charge >= 0.3 is 5.97 Å². The predicted molar refractivity (Wildman–Crippen MR) is 108 cm³/mol. The first-order valence-electron chi connectivity index (χ1n) is 10.9. The highest BCUT2D eigenvalue weighted by Gasteiger charge is 2.55. The molecule has 2 fully saturated rings. The molecule has 2 heterocycles. The van der Waals surface area contributed by atoms with Crippen molar-refractivity contribution in [2.45, 2.75) is 115 Å². The lowest BCUT2D eigenvalue weighted by Gasteiger charge is -2.43. The lowest BCUT2D eigenvalue weighted by Crippen LogP contribution is -2.51. The molecule has 0 radical (unpaired) electrons. The van der Waals surface area contributed by atoms with Crippen LogP contribution in [0, 0.1) is 0 Å². The van der Waals surface area contributed by atoms with Crippen LogP contribution in [0.15, 0.2) is 24.3 Å². The maximum absolute atomic E-state index is 11.5. The van der Waals surface area contributed by atoms with Gasteiger partial charge < -0.3 is 4.74 Å². The molecule has 154 valence electrons. The van der Waals surface area contributed by atoms with Crippen molar-refractivity contribution >= 4 is 5.97 Å². The van der Waals surface area contributed by atoms with Crippen molar-refractivity contribution in [3.8, 4) is 0 Å². The number of hydrogen-bond donors (Lipinski definition) is 0. The van der Waals surface area contributed by atoms with Gasteiger partial charge in [-0.05, 0) is 39.5 Å². The zero-order chi connectivity index (χ0) is 19.6. The fourth-order valence-electron chi connectivity index (χ4n) is 4.08. The topological polar surface area (TPSA) is 44.8 Å². The van der Waals surface area contributed by atoms with Crippen LogP contribution in [0.25, 0.3) is 0 Å². The summed E-state index contributed by atoms with van der Waals surface area (Å²) in [5, 5.41) is 0. The van der Waals surface area contributed by atoms with Gasteiger partial charge in [-0.15, -0.1) is 0 Å². The van der Waals surface area contributed by atoms with Gasteiger partial charge in [0.1, 0.15) is 17.3 Å². The van der Waals surface area contributed by atoms with Gasteiger partial charge in [-0.3, -0.25) is 4.79 Å². The summed E-state index contributed by atoms with van der Waals surface area (Å²) in [6, 6.07) is 0. The minimum Gasteiger partial charge on any atom is -0.456 e. The van der Waals surface area contributed by atoms with Crippen LogP contribution < -0.4 is 0 Å². The van der Waals surface area contributed by atoms with E-state index in [1.165, 1.54) is 51.4 Å². The van der Waals surface area contributed by atoms with Crippen LogP contribution in [0.2, 0.25) is 0 Å². The second-order valence-electron chi connectivity index (χ2n) is 8.59. The van der Waals surface area contributed by atoms with Crippen molar-refractivity contribution in [2.75, 3.05) is 0 Å². The van der Waals surface area contributed by atoms with E-state index in [0.29, 0.717) is 6.42 Å². The van der Waals surface area contributed by atoms with Gasteiger partial charge in [-0.2, -0.15) is 0 Å². The minimum atomic E-state index is -0.524. The summed E-state index contributed by atoms with van der Waals surface area (Å²) < 4.78 is 5.51. The Hall–Kier alpha value is -1.13. The highest BCUT2D eigenvalue weighted by atomic mass is 17.2. The van der Waals surface area contributed by atoms with Gasteiger partial charge in [0.05, 0.1) is 6.42 Å². The molecule has 2 saturated heterocycles. The van der Waals surface area contributed by atoms with Crippen LogP contribution in [-0.2, 0) is 19.3 Å². The monoisotopic (exact) mass is 378 g/mol. The SMILES string of the molecule is CCCC=CC=CCCCCCCCCC1(C)CC2(C)OC(=O)CC2OO1. The number of unbranched alkanes of at least 4 members (excludes halogenated alkanes) is 7. The summed E-state index contributed by atoms with van der Waals surface area (Å²) in [6.45, 7) is 6.24. The largest absolute Gasteiger partial charge is 0.456 e. The quantitative estimate of drug-likeness (QED) is 0.175. The highest BCUT2D eigenvalue weighted by molar-refractivity contribution is 5.73. The van der Waals surface area contributed by atoms with Gasteiger partial charge in [-0.1, -0.05) is 69.8 Å². The van der Waals surface area contributed by atoms with Crippen LogP contribution in [0.5, 0.6) is 0 Å². The maximum atomic E-state index is 11.5. The Labute approximate surface area is 165 Å². The van der Waals surface area contributed by atoms with Crippen LogP contribution in [-0.4, -0.2) is 23.3 Å². The number of carbonyl (C=O) groups is 1. The van der Waals surface area contributed by atoms with E-state index in [4.69, 9.17) is 14.5 Å². The van der Waals surface area contributed by atoms with E-state index in [9.17, 15) is 4.79 Å². The molecule has 0 aromatic heterocycles. The summed E-state index contributed by atoms with van der Waals surface area (Å²) in [4.78, 5) is 22.7. The highest BCUT2D eigenvalue weighted by Crippen LogP contribution is 2.44. The number of ether oxygens (including phenoxy) is 1. The fraction of sp³-hybridized carbons (Fsp3) is 0.783. The van der Waals surface area contributed by atoms with Gasteiger partial charge in [0.15, 0.2) is 0 Å². The van der Waals surface area contributed by atoms with E-state index in [0.717, 1.165) is 19.3 Å². The zero-order valence-corrected chi connectivity index (χ0v) is 17.5. The van der Waals surface area contributed by atoms with Crippen molar-refractivity contribution < 1.29 is 19.3 Å². The molecule has 0 amide bonds. The maximum Gasteiger partial charge on any atom is 0.309 e. The number of hydrogen-bond acceptors (Lipinski definition) is 4. The molecule has 0 N–H and O–H groups in total. The summed E-state index contributed by atoms with van der Waals surface area (Å²) in [6.07, 6.45) is 21.6. The normalized spacial score (nSPS) is 30.9. The van der Waals surface area contributed by atoms with Crippen molar-refractivity contribution in [1.29, 1.82) is 0 Å². The summed E-state index contributed by atoms with van der Waals surface area (Å²) in [7, 11) is 0. The van der Waals surface area contributed by atoms with Crippen molar-refractivity contribution in [2.24, 2.45) is 0 Å². The van der Waals surface area contributed by atoms with E-state index >= 15 is 0 Å². The molecule has 0 aromatic carbocycles. The Morgan fingerprint density at radius 1 is 1.00 bits per heavy atom. The summed E-state index contributed by atoms with van der Waals surface area (Å²) >= 11 is 0. The Balaban J connectivity index is 1.50. The Morgan fingerprint density at radius 3 is 2.41 bits per heavy atom. The number of carbonyl (C=O) groups excluding carboxylic acids is 1. The van der Waals surface area contributed by atoms with Crippen molar-refractivity contribution in [1.82, 2.24) is 0 Å². The number of fused-ring (bicyclic) bond motifs is 1. The van der Waals surface area contributed by atoms with Crippen LogP contribution >= 0.6 is 0 Å². The predicted octanol–water partition coefficient (Wildman–Crippen LogP) is 6.20. The van der Waals surface area contributed by atoms with Crippen LogP contribution in [0.4, 0.5) is 0 Å². The molecule has 2 aliphatic rings. The summed E-state index contributed by atoms with van der Waals surface area (Å²) in [5.74, 6) is -0.179. The molecule has 2 rings (SSSR count). The molecule has 27 heavy (non-hydrogen) atoms. The molecule has 4 heteroatoms. The van der Waals surface area contributed by atoms with Gasteiger partial charge in [0.25, 0.3) is 0 Å². The molecule has 3 atom stereocenters. The first kappa shape index (κ1) is 22.2. The van der Waals surface area contributed by atoms with E-state index in [1.54, 1.807) is 0 Å². The van der Waals surface area contributed by atoms with Crippen molar-refractivity contribution in [3.05, 3.63) is 24.3 Å². The third-order valence-electron chi connectivity index (χ3n) is 5.64. The number of esters is 1. The molecule has 0 bridgehead atoms. The Morgan fingerprint density at radius 2 is 1.67 bits per heavy atom. The fourth-order valence-corrected chi connectivity index (χ4v) is 4.08. The van der Waals surface area contributed by atoms with Gasteiger partial charge in [-0.25, -0.2) is 9.78 Å². The van der Waals surface area contributed by atoms with Crippen molar-refractivity contribution in [3.63, 3.8) is 0 Å². The number of rotatable bonds is 12. The van der Waals surface area contributed by atoms with Gasteiger partial charge in [0, 0.05) is 6.42 Å². The molecular weight excluding hydrogens is 340 g/mol. The lowest BCUT2D eigenvalue weighted by molar-refractivity contribution is -0.428. The molecule has 3 unspecified atom stereocenters. The standard InChI is InChI=1S/C23H38O4/c1-4-5-6-7-8-9-10-11-12-13-14-15-16-17-22(2)19-23(3)20(26-27-22)18-21(24)25-23/h6-9,20H,4-5,10-19H2,1-3H3. The lowest BCUT2D eigenvalue weighted by atomic mass is 9.82. The second kappa shape index (κ2) is 11.0. The van der Waals surface area contributed by atoms with Crippen LogP contribution in [0.3, 0.4) is 0 Å². The number of allylic oxidation sites excluding steroid dienone is 4. The molecule has 0 spiro atoms. The first-order valence-corrected chi connectivity index (χ1v) is 10.9. The van der Waals surface area contributed by atoms with E-state index < -0.39 is 5.60 Å². The van der Waals surface area contributed by atoms with E-state index in [1.807, 2.05) is 6.92 Å². The molecular formula is C23H38O4.